The Bertz CT molecular complexity index is 619. The number of nitrogens with one attached hydrogen (secondary N) is 1. The molecular formula is C17H22N4O. The molecule has 3 rings (SSSR count). The third kappa shape index (κ3) is 3.20. The van der Waals surface area contributed by atoms with Gasteiger partial charge in [0.25, 0.3) is 0 Å². The molecule has 0 unspecified atom stereocenters. The largest absolute Gasteiger partial charge is 0.496 e. The Hall–Kier alpha value is -2.14. The zero-order chi connectivity index (χ0) is 15.4. The average molecular weight is 298 g/mol. The van der Waals surface area contributed by atoms with Crippen molar-refractivity contribution in [3.05, 3.63) is 35.9 Å². The lowest BCUT2D eigenvalue weighted by molar-refractivity contribution is 0.416. The lowest BCUT2D eigenvalue weighted by atomic mass is 10.1. The van der Waals surface area contributed by atoms with Crippen LogP contribution in [0.15, 0.2) is 30.3 Å². The molecule has 0 amide bonds. The summed E-state index contributed by atoms with van der Waals surface area (Å²) in [5, 5.41) is 12.2. The van der Waals surface area contributed by atoms with E-state index in [2.05, 4.69) is 39.5 Å². The van der Waals surface area contributed by atoms with E-state index >= 15 is 0 Å². The maximum atomic E-state index is 5.43. The highest BCUT2D eigenvalue weighted by Crippen LogP contribution is 2.29. The molecule has 1 aromatic heterocycles. The predicted molar refractivity (Wildman–Crippen MR) is 88.5 cm³/mol. The third-order valence-corrected chi connectivity index (χ3v) is 3.95. The van der Waals surface area contributed by atoms with Crippen LogP contribution >= 0.6 is 0 Å². The molecule has 22 heavy (non-hydrogen) atoms. The fourth-order valence-corrected chi connectivity index (χ4v) is 2.73. The summed E-state index contributed by atoms with van der Waals surface area (Å²) in [6.45, 7) is 6.13. The Labute approximate surface area is 131 Å². The molecule has 1 N–H and O–H groups in total. The summed E-state index contributed by atoms with van der Waals surface area (Å²) >= 11 is 0. The van der Waals surface area contributed by atoms with Gasteiger partial charge in [0, 0.05) is 25.2 Å². The lowest BCUT2D eigenvalue weighted by Gasteiger charge is -2.20. The molecule has 2 aromatic rings. The van der Waals surface area contributed by atoms with E-state index in [4.69, 9.17) is 4.74 Å². The summed E-state index contributed by atoms with van der Waals surface area (Å²) < 4.78 is 5.43. The van der Waals surface area contributed by atoms with Gasteiger partial charge < -0.3 is 15.0 Å². The van der Waals surface area contributed by atoms with Gasteiger partial charge in [0.05, 0.1) is 12.8 Å². The van der Waals surface area contributed by atoms with E-state index in [9.17, 15) is 0 Å². The topological polar surface area (TPSA) is 50.3 Å². The molecule has 5 heteroatoms. The van der Waals surface area contributed by atoms with Crippen molar-refractivity contribution >= 4 is 5.82 Å². The Morgan fingerprint density at radius 3 is 2.77 bits per heavy atom. The molecule has 0 bridgehead atoms. The van der Waals surface area contributed by atoms with Crippen molar-refractivity contribution < 1.29 is 4.74 Å². The number of anilines is 1. The maximum Gasteiger partial charge on any atom is 0.151 e. The van der Waals surface area contributed by atoms with Crippen molar-refractivity contribution in [2.24, 2.45) is 0 Å². The SMILES string of the molecule is COc1ccc(C)cc1-c1ccc(N2CCCNCC2)nn1. The van der Waals surface area contributed by atoms with Gasteiger partial charge in [0.1, 0.15) is 5.75 Å². The van der Waals surface area contributed by atoms with E-state index in [-0.39, 0.29) is 0 Å². The van der Waals surface area contributed by atoms with Crippen LogP contribution in [0.3, 0.4) is 0 Å². The maximum absolute atomic E-state index is 5.43. The first-order chi connectivity index (χ1) is 10.8. The molecule has 2 heterocycles. The zero-order valence-corrected chi connectivity index (χ0v) is 13.2. The number of rotatable bonds is 3. The predicted octanol–water partition coefficient (Wildman–Crippen LogP) is 2.26. The summed E-state index contributed by atoms with van der Waals surface area (Å²) in [4.78, 5) is 2.28. The number of aryl methyl sites for hydroxylation is 1. The minimum atomic E-state index is 0.826. The molecule has 0 aliphatic carbocycles. The highest BCUT2D eigenvalue weighted by atomic mass is 16.5. The van der Waals surface area contributed by atoms with Gasteiger partial charge >= 0.3 is 0 Å². The van der Waals surface area contributed by atoms with Gasteiger partial charge in [0.15, 0.2) is 5.82 Å². The Morgan fingerprint density at radius 1 is 1.09 bits per heavy atom. The number of nitrogens with zero attached hydrogens (tertiary/aromatic N) is 3. The quantitative estimate of drug-likeness (QED) is 0.942. The number of aromatic nitrogens is 2. The summed E-state index contributed by atoms with van der Waals surface area (Å²) in [6, 6.07) is 10.2. The fraction of sp³-hybridized carbons (Fsp3) is 0.412. The second kappa shape index (κ2) is 6.75. The molecule has 1 saturated heterocycles. The van der Waals surface area contributed by atoms with Gasteiger partial charge in [-0.05, 0) is 44.2 Å². The monoisotopic (exact) mass is 298 g/mol. The molecule has 5 nitrogen and oxygen atoms in total. The van der Waals surface area contributed by atoms with Crippen molar-refractivity contribution in [3.63, 3.8) is 0 Å². The minimum Gasteiger partial charge on any atom is -0.496 e. The van der Waals surface area contributed by atoms with Crippen molar-refractivity contribution in [2.75, 3.05) is 38.2 Å². The second-order valence-corrected chi connectivity index (χ2v) is 5.57. The fourth-order valence-electron chi connectivity index (χ4n) is 2.73. The van der Waals surface area contributed by atoms with E-state index in [0.717, 1.165) is 55.4 Å². The molecule has 0 saturated carbocycles. The first-order valence-corrected chi connectivity index (χ1v) is 7.72. The van der Waals surface area contributed by atoms with E-state index in [0.29, 0.717) is 0 Å². The van der Waals surface area contributed by atoms with E-state index < -0.39 is 0 Å². The number of hydrogen-bond donors (Lipinski definition) is 1. The Morgan fingerprint density at radius 2 is 2.00 bits per heavy atom. The first kappa shape index (κ1) is 14.8. The molecular weight excluding hydrogens is 276 g/mol. The molecule has 1 fully saturated rings. The molecule has 1 aromatic carbocycles. The second-order valence-electron chi connectivity index (χ2n) is 5.57. The average Bonchev–Trinajstić information content (AvgIpc) is 2.84. The molecule has 0 atom stereocenters. The van der Waals surface area contributed by atoms with Gasteiger partial charge in [-0.2, -0.15) is 0 Å². The van der Waals surface area contributed by atoms with Gasteiger partial charge in [-0.15, -0.1) is 10.2 Å². The summed E-state index contributed by atoms with van der Waals surface area (Å²) in [7, 11) is 1.68. The minimum absolute atomic E-state index is 0.826. The molecule has 1 aliphatic heterocycles. The van der Waals surface area contributed by atoms with E-state index in [1.165, 1.54) is 5.56 Å². The van der Waals surface area contributed by atoms with Crippen LogP contribution in [0.1, 0.15) is 12.0 Å². The molecule has 116 valence electrons. The van der Waals surface area contributed by atoms with E-state index in [1.54, 1.807) is 7.11 Å². The van der Waals surface area contributed by atoms with Crippen LogP contribution in [-0.4, -0.2) is 43.5 Å². The van der Waals surface area contributed by atoms with Gasteiger partial charge in [-0.25, -0.2) is 0 Å². The van der Waals surface area contributed by atoms with Crippen LogP contribution < -0.4 is 15.0 Å². The summed E-state index contributed by atoms with van der Waals surface area (Å²) in [5.74, 6) is 1.77. The van der Waals surface area contributed by atoms with Crippen molar-refractivity contribution in [1.29, 1.82) is 0 Å². The Balaban J connectivity index is 1.86. The standard InChI is InChI=1S/C17H22N4O/c1-13-4-6-16(22-2)14(12-13)15-5-7-17(20-19-15)21-10-3-8-18-9-11-21/h4-7,12,18H,3,8-11H2,1-2H3. The molecule has 1 aliphatic rings. The highest BCUT2D eigenvalue weighted by Gasteiger charge is 2.13. The van der Waals surface area contributed by atoms with Crippen LogP contribution in [0.25, 0.3) is 11.3 Å². The van der Waals surface area contributed by atoms with Gasteiger partial charge in [-0.3, -0.25) is 0 Å². The zero-order valence-electron chi connectivity index (χ0n) is 13.2. The Kier molecular flexibility index (Phi) is 4.53. The molecule has 0 spiro atoms. The smallest absolute Gasteiger partial charge is 0.151 e. The van der Waals surface area contributed by atoms with Crippen molar-refractivity contribution in [2.45, 2.75) is 13.3 Å². The number of ether oxygens (including phenoxy) is 1. The number of hydrogen-bond acceptors (Lipinski definition) is 5. The lowest BCUT2D eigenvalue weighted by Crippen LogP contribution is -2.28. The normalized spacial score (nSPS) is 15.5. The van der Waals surface area contributed by atoms with Crippen LogP contribution in [0, 0.1) is 6.92 Å². The molecule has 0 radical (unpaired) electrons. The van der Waals surface area contributed by atoms with Gasteiger partial charge in [-0.1, -0.05) is 11.6 Å². The van der Waals surface area contributed by atoms with E-state index in [1.807, 2.05) is 18.2 Å². The summed E-state index contributed by atoms with van der Waals surface area (Å²) in [5.41, 5.74) is 3.01. The van der Waals surface area contributed by atoms with Crippen LogP contribution in [-0.2, 0) is 0 Å². The first-order valence-electron chi connectivity index (χ1n) is 7.72. The highest BCUT2D eigenvalue weighted by molar-refractivity contribution is 5.68. The summed E-state index contributed by atoms with van der Waals surface area (Å²) in [6.07, 6.45) is 1.13. The van der Waals surface area contributed by atoms with Crippen LogP contribution in [0.5, 0.6) is 5.75 Å². The number of methoxy groups -OCH3 is 1. The van der Waals surface area contributed by atoms with Crippen molar-refractivity contribution in [3.8, 4) is 17.0 Å². The van der Waals surface area contributed by atoms with Crippen LogP contribution in [0.4, 0.5) is 5.82 Å². The number of benzene rings is 1. The van der Waals surface area contributed by atoms with Crippen molar-refractivity contribution in [1.82, 2.24) is 15.5 Å². The van der Waals surface area contributed by atoms with Gasteiger partial charge in [0.2, 0.25) is 0 Å². The van der Waals surface area contributed by atoms with Crippen LogP contribution in [0.2, 0.25) is 0 Å². The third-order valence-electron chi connectivity index (χ3n) is 3.95.